The molecule has 1 saturated heterocycles. The van der Waals surface area contributed by atoms with Crippen molar-refractivity contribution < 1.29 is 4.79 Å². The summed E-state index contributed by atoms with van der Waals surface area (Å²) in [5.41, 5.74) is 1.12. The van der Waals surface area contributed by atoms with Crippen LogP contribution in [0, 0.1) is 5.92 Å². The molecule has 22 heavy (non-hydrogen) atoms. The third-order valence-electron chi connectivity index (χ3n) is 5.29. The number of carbonyl (C=O) groups is 1. The summed E-state index contributed by atoms with van der Waals surface area (Å²) < 4.78 is 0. The number of hydrogen-bond donors (Lipinski definition) is 0. The average molecular weight is 300 g/mol. The van der Waals surface area contributed by atoms with Crippen LogP contribution in [0.5, 0.6) is 0 Å². The second kappa shape index (κ2) is 7.28. The molecule has 120 valence electrons. The molecule has 1 aromatic rings. The second-order valence-electron chi connectivity index (χ2n) is 7.00. The third-order valence-corrected chi connectivity index (χ3v) is 5.29. The lowest BCUT2D eigenvalue weighted by Gasteiger charge is -2.42. The Hall–Kier alpha value is -1.35. The van der Waals surface area contributed by atoms with E-state index in [9.17, 15) is 4.79 Å². The van der Waals surface area contributed by atoms with Crippen LogP contribution in [0.15, 0.2) is 30.3 Å². The molecule has 2 atom stereocenters. The molecule has 2 fully saturated rings. The minimum absolute atomic E-state index is 0.280. The van der Waals surface area contributed by atoms with Gasteiger partial charge in [0.1, 0.15) is 0 Å². The fraction of sp³-hybridized carbons (Fsp3) is 0.632. The number of hydrogen-bond acceptors (Lipinski definition) is 2. The Morgan fingerprint density at radius 1 is 1.09 bits per heavy atom. The zero-order valence-electron chi connectivity index (χ0n) is 13.7. The number of benzene rings is 1. The molecule has 0 aromatic heterocycles. The molecule has 0 spiro atoms. The summed E-state index contributed by atoms with van der Waals surface area (Å²) in [5.74, 6) is 1.15. The first-order chi connectivity index (χ1) is 10.7. The molecule has 1 aliphatic heterocycles. The fourth-order valence-electron chi connectivity index (χ4n) is 3.95. The van der Waals surface area contributed by atoms with Crippen molar-refractivity contribution in [3.8, 4) is 0 Å². The molecule has 1 aromatic carbocycles. The van der Waals surface area contributed by atoms with E-state index < -0.39 is 0 Å². The Labute approximate surface area is 134 Å². The van der Waals surface area contributed by atoms with Gasteiger partial charge in [-0.3, -0.25) is 9.69 Å². The van der Waals surface area contributed by atoms with Crippen LogP contribution in [0.3, 0.4) is 0 Å². The number of amides is 1. The smallest absolute Gasteiger partial charge is 0.227 e. The van der Waals surface area contributed by atoms with Crippen LogP contribution in [0.4, 0.5) is 0 Å². The van der Waals surface area contributed by atoms with Crippen molar-refractivity contribution in [2.24, 2.45) is 5.92 Å². The number of nitrogens with zero attached hydrogens (tertiary/aromatic N) is 2. The molecule has 0 radical (unpaired) electrons. The van der Waals surface area contributed by atoms with E-state index in [2.05, 4.69) is 16.7 Å². The zero-order chi connectivity index (χ0) is 15.4. The zero-order valence-corrected chi connectivity index (χ0v) is 13.7. The lowest BCUT2D eigenvalue weighted by atomic mass is 9.86. The lowest BCUT2D eigenvalue weighted by molar-refractivity contribution is -0.132. The summed E-state index contributed by atoms with van der Waals surface area (Å²) in [6, 6.07) is 10.8. The number of rotatable bonds is 3. The molecule has 0 N–H and O–H groups in total. The van der Waals surface area contributed by atoms with Crippen LogP contribution in [0.1, 0.15) is 38.2 Å². The first-order valence-corrected chi connectivity index (χ1v) is 8.78. The minimum atomic E-state index is 0.280. The number of carbonyl (C=O) groups excluding carboxylic acids is 1. The first kappa shape index (κ1) is 15.5. The van der Waals surface area contributed by atoms with Gasteiger partial charge in [0.05, 0.1) is 6.42 Å². The van der Waals surface area contributed by atoms with Gasteiger partial charge < -0.3 is 4.90 Å². The Morgan fingerprint density at radius 2 is 1.82 bits per heavy atom. The van der Waals surface area contributed by atoms with Gasteiger partial charge in [0, 0.05) is 32.2 Å². The molecule has 3 nitrogen and oxygen atoms in total. The molecule has 3 heteroatoms. The number of piperazine rings is 1. The van der Waals surface area contributed by atoms with Crippen molar-refractivity contribution >= 4 is 5.91 Å². The highest BCUT2D eigenvalue weighted by Gasteiger charge is 2.28. The molecular formula is C19H28N2O. The Bertz CT molecular complexity index is 479. The van der Waals surface area contributed by atoms with E-state index in [0.717, 1.165) is 43.7 Å². The monoisotopic (exact) mass is 300 g/mol. The summed E-state index contributed by atoms with van der Waals surface area (Å²) >= 11 is 0. The summed E-state index contributed by atoms with van der Waals surface area (Å²) in [7, 11) is 0. The third kappa shape index (κ3) is 3.89. The van der Waals surface area contributed by atoms with Gasteiger partial charge in [0.2, 0.25) is 5.91 Å². The van der Waals surface area contributed by atoms with E-state index in [4.69, 9.17) is 0 Å². The van der Waals surface area contributed by atoms with Crippen molar-refractivity contribution in [2.45, 2.75) is 45.1 Å². The molecule has 2 aliphatic rings. The highest BCUT2D eigenvalue weighted by molar-refractivity contribution is 5.78. The van der Waals surface area contributed by atoms with Crippen molar-refractivity contribution in [1.82, 2.24) is 9.80 Å². The highest BCUT2D eigenvalue weighted by atomic mass is 16.2. The summed E-state index contributed by atoms with van der Waals surface area (Å²) in [4.78, 5) is 17.1. The lowest BCUT2D eigenvalue weighted by Crippen LogP contribution is -2.53. The molecule has 0 bridgehead atoms. The fourth-order valence-corrected chi connectivity index (χ4v) is 3.95. The van der Waals surface area contributed by atoms with Gasteiger partial charge in [-0.2, -0.15) is 0 Å². The summed E-state index contributed by atoms with van der Waals surface area (Å²) in [5, 5.41) is 0. The van der Waals surface area contributed by atoms with Crippen LogP contribution in [0.2, 0.25) is 0 Å². The van der Waals surface area contributed by atoms with E-state index in [1.54, 1.807) is 0 Å². The summed E-state index contributed by atoms with van der Waals surface area (Å²) in [6.07, 6.45) is 6.01. The van der Waals surface area contributed by atoms with Gasteiger partial charge in [0.25, 0.3) is 0 Å². The summed E-state index contributed by atoms with van der Waals surface area (Å²) in [6.45, 7) is 6.29. The predicted octanol–water partition coefficient (Wildman–Crippen LogP) is 2.95. The maximum absolute atomic E-state index is 12.4. The maximum Gasteiger partial charge on any atom is 0.227 e. The predicted molar refractivity (Wildman–Crippen MR) is 89.7 cm³/mol. The highest BCUT2D eigenvalue weighted by Crippen LogP contribution is 2.27. The van der Waals surface area contributed by atoms with Crippen molar-refractivity contribution in [3.05, 3.63) is 35.9 Å². The van der Waals surface area contributed by atoms with Crippen LogP contribution >= 0.6 is 0 Å². The van der Waals surface area contributed by atoms with Gasteiger partial charge in [-0.05, 0) is 24.3 Å². The minimum Gasteiger partial charge on any atom is -0.340 e. The van der Waals surface area contributed by atoms with Crippen molar-refractivity contribution in [1.29, 1.82) is 0 Å². The Balaban J connectivity index is 1.48. The quantitative estimate of drug-likeness (QED) is 0.857. The van der Waals surface area contributed by atoms with E-state index in [1.807, 2.05) is 30.3 Å². The Morgan fingerprint density at radius 3 is 2.50 bits per heavy atom. The molecule has 1 heterocycles. The SMILES string of the molecule is C[C@H]1CCC[C@H](N2CCN(C(=O)Cc3ccccc3)CC2)C1. The van der Waals surface area contributed by atoms with Gasteiger partial charge >= 0.3 is 0 Å². The maximum atomic E-state index is 12.4. The van der Waals surface area contributed by atoms with Crippen LogP contribution < -0.4 is 0 Å². The van der Waals surface area contributed by atoms with Crippen LogP contribution in [-0.4, -0.2) is 47.9 Å². The van der Waals surface area contributed by atoms with Crippen LogP contribution in [-0.2, 0) is 11.2 Å². The van der Waals surface area contributed by atoms with Gasteiger partial charge in [-0.15, -0.1) is 0 Å². The first-order valence-electron chi connectivity index (χ1n) is 8.78. The van der Waals surface area contributed by atoms with Gasteiger partial charge in [-0.1, -0.05) is 50.1 Å². The van der Waals surface area contributed by atoms with E-state index in [0.29, 0.717) is 6.42 Å². The molecular weight excluding hydrogens is 272 g/mol. The van der Waals surface area contributed by atoms with Crippen molar-refractivity contribution in [2.75, 3.05) is 26.2 Å². The van der Waals surface area contributed by atoms with Crippen LogP contribution in [0.25, 0.3) is 0 Å². The van der Waals surface area contributed by atoms with Gasteiger partial charge in [-0.25, -0.2) is 0 Å². The van der Waals surface area contributed by atoms with E-state index in [1.165, 1.54) is 25.7 Å². The van der Waals surface area contributed by atoms with E-state index in [-0.39, 0.29) is 5.91 Å². The molecule has 1 amide bonds. The molecule has 3 rings (SSSR count). The average Bonchev–Trinajstić information content (AvgIpc) is 2.56. The second-order valence-corrected chi connectivity index (χ2v) is 7.00. The largest absolute Gasteiger partial charge is 0.340 e. The molecule has 1 saturated carbocycles. The van der Waals surface area contributed by atoms with E-state index >= 15 is 0 Å². The topological polar surface area (TPSA) is 23.6 Å². The molecule has 1 aliphatic carbocycles. The van der Waals surface area contributed by atoms with Gasteiger partial charge in [0.15, 0.2) is 0 Å². The van der Waals surface area contributed by atoms with Crippen molar-refractivity contribution in [3.63, 3.8) is 0 Å². The normalized spacial score (nSPS) is 26.9. The Kier molecular flexibility index (Phi) is 5.14. The standard InChI is InChI=1S/C19H28N2O/c1-16-6-5-9-18(14-16)20-10-12-21(13-11-20)19(22)15-17-7-3-2-4-8-17/h2-4,7-8,16,18H,5-6,9-15H2,1H3/t16-,18-/m0/s1. The molecule has 0 unspecified atom stereocenters.